The van der Waals surface area contributed by atoms with Crippen LogP contribution in [0.15, 0.2) is 0 Å². The van der Waals surface area contributed by atoms with Gasteiger partial charge in [-0.3, -0.25) is 9.59 Å². The summed E-state index contributed by atoms with van der Waals surface area (Å²) < 4.78 is 5.64. The van der Waals surface area contributed by atoms with Gasteiger partial charge in [-0.1, -0.05) is 26.2 Å². The van der Waals surface area contributed by atoms with Gasteiger partial charge in [0, 0.05) is 31.4 Å². The van der Waals surface area contributed by atoms with E-state index in [1.54, 1.807) is 0 Å². The molecule has 0 heterocycles. The van der Waals surface area contributed by atoms with Gasteiger partial charge in [0.05, 0.1) is 6.61 Å². The van der Waals surface area contributed by atoms with E-state index in [9.17, 15) is 9.59 Å². The minimum absolute atomic E-state index is 0.0611. The second-order valence-corrected chi connectivity index (χ2v) is 6.58. The summed E-state index contributed by atoms with van der Waals surface area (Å²) in [5.74, 6) is 1.28. The Balaban J connectivity index is 1.48. The summed E-state index contributed by atoms with van der Waals surface area (Å²) in [5, 5.41) is 2.99. The molecule has 0 atom stereocenters. The molecule has 0 bridgehead atoms. The van der Waals surface area contributed by atoms with Crippen molar-refractivity contribution in [3.8, 4) is 0 Å². The van der Waals surface area contributed by atoms with E-state index < -0.39 is 0 Å². The molecule has 1 N–H and O–H groups in total. The van der Waals surface area contributed by atoms with Crippen LogP contribution in [-0.4, -0.2) is 30.9 Å². The molecule has 0 aliphatic heterocycles. The molecule has 0 aromatic rings. The van der Waals surface area contributed by atoms with Crippen LogP contribution in [0.5, 0.6) is 0 Å². The zero-order valence-corrected chi connectivity index (χ0v) is 13.2. The van der Waals surface area contributed by atoms with E-state index in [0.29, 0.717) is 31.1 Å². The zero-order chi connectivity index (χ0) is 15.1. The third-order valence-corrected chi connectivity index (χ3v) is 4.86. The lowest BCUT2D eigenvalue weighted by molar-refractivity contribution is -0.129. The summed E-state index contributed by atoms with van der Waals surface area (Å²) in [6, 6.07) is 0.205. The number of hydrogen-bond donors (Lipinski definition) is 1. The Morgan fingerprint density at radius 2 is 1.86 bits per heavy atom. The van der Waals surface area contributed by atoms with Crippen molar-refractivity contribution >= 4 is 11.7 Å². The molecule has 1 amide bonds. The van der Waals surface area contributed by atoms with Gasteiger partial charge < -0.3 is 10.1 Å². The molecule has 120 valence electrons. The van der Waals surface area contributed by atoms with Crippen LogP contribution >= 0.6 is 0 Å². The second-order valence-electron chi connectivity index (χ2n) is 6.58. The monoisotopic (exact) mass is 295 g/mol. The van der Waals surface area contributed by atoms with Crippen LogP contribution in [0.25, 0.3) is 0 Å². The lowest BCUT2D eigenvalue weighted by atomic mass is 9.77. The molecular weight excluding hydrogens is 266 g/mol. The maximum absolute atomic E-state index is 11.8. The largest absolute Gasteiger partial charge is 0.381 e. The second kappa shape index (κ2) is 8.52. The van der Waals surface area contributed by atoms with E-state index in [4.69, 9.17) is 4.74 Å². The van der Waals surface area contributed by atoms with Gasteiger partial charge >= 0.3 is 0 Å². The number of rotatable bonds is 8. The normalized spacial score (nSPS) is 26.1. The molecule has 2 aliphatic carbocycles. The molecule has 0 unspecified atom stereocenters. The van der Waals surface area contributed by atoms with Crippen molar-refractivity contribution in [1.29, 1.82) is 0 Å². The highest BCUT2D eigenvalue weighted by molar-refractivity contribution is 5.82. The Hall–Kier alpha value is -0.900. The number of nitrogens with one attached hydrogen (secondary N) is 1. The van der Waals surface area contributed by atoms with Crippen molar-refractivity contribution in [2.24, 2.45) is 11.8 Å². The maximum atomic E-state index is 11.8. The predicted octanol–water partition coefficient (Wildman–Crippen LogP) is 2.85. The minimum Gasteiger partial charge on any atom is -0.381 e. The Kier molecular flexibility index (Phi) is 6.68. The number of amides is 1. The van der Waals surface area contributed by atoms with E-state index in [0.717, 1.165) is 19.4 Å². The Labute approximate surface area is 128 Å². The van der Waals surface area contributed by atoms with Crippen molar-refractivity contribution in [2.75, 3.05) is 13.2 Å². The molecule has 0 aromatic carbocycles. The highest BCUT2D eigenvalue weighted by Crippen LogP contribution is 2.29. The standard InChI is InChI=1S/C17H29NO3/c1-2-16(19)14-10-15(11-14)18-17(20)8-9-21-12-13-6-4-3-5-7-13/h13-15H,2-12H2,1H3,(H,18,20). The molecule has 0 radical (unpaired) electrons. The van der Waals surface area contributed by atoms with Gasteiger partial charge in [-0.05, 0) is 31.6 Å². The summed E-state index contributed by atoms with van der Waals surface area (Å²) in [6.07, 6.45) is 9.27. The van der Waals surface area contributed by atoms with E-state index in [-0.39, 0.29) is 17.9 Å². The molecule has 0 spiro atoms. The summed E-state index contributed by atoms with van der Waals surface area (Å²) >= 11 is 0. The third kappa shape index (κ3) is 5.42. The third-order valence-electron chi connectivity index (χ3n) is 4.86. The Morgan fingerprint density at radius 3 is 2.52 bits per heavy atom. The number of hydrogen-bond acceptors (Lipinski definition) is 3. The van der Waals surface area contributed by atoms with Gasteiger partial charge in [0.1, 0.15) is 5.78 Å². The smallest absolute Gasteiger partial charge is 0.222 e. The first-order valence-corrected chi connectivity index (χ1v) is 8.58. The molecule has 2 saturated carbocycles. The molecule has 21 heavy (non-hydrogen) atoms. The molecule has 4 heteroatoms. The predicted molar refractivity (Wildman–Crippen MR) is 82.0 cm³/mol. The lowest BCUT2D eigenvalue weighted by Gasteiger charge is -2.34. The fourth-order valence-electron chi connectivity index (χ4n) is 3.36. The summed E-state index contributed by atoms with van der Waals surface area (Å²) in [5.41, 5.74) is 0. The van der Waals surface area contributed by atoms with E-state index >= 15 is 0 Å². The zero-order valence-electron chi connectivity index (χ0n) is 13.2. The van der Waals surface area contributed by atoms with Gasteiger partial charge in [-0.15, -0.1) is 0 Å². The fourth-order valence-corrected chi connectivity index (χ4v) is 3.36. The highest BCUT2D eigenvalue weighted by atomic mass is 16.5. The van der Waals surface area contributed by atoms with Crippen LogP contribution in [-0.2, 0) is 14.3 Å². The molecule has 0 aromatic heterocycles. The van der Waals surface area contributed by atoms with Crippen LogP contribution < -0.4 is 5.32 Å². The van der Waals surface area contributed by atoms with Crippen molar-refractivity contribution < 1.29 is 14.3 Å². The topological polar surface area (TPSA) is 55.4 Å². The van der Waals surface area contributed by atoms with Crippen molar-refractivity contribution in [3.05, 3.63) is 0 Å². The van der Waals surface area contributed by atoms with Crippen LogP contribution in [0.3, 0.4) is 0 Å². The Bertz CT molecular complexity index is 344. The number of ether oxygens (including phenoxy) is 1. The van der Waals surface area contributed by atoms with E-state index in [2.05, 4.69) is 5.32 Å². The summed E-state index contributed by atoms with van der Waals surface area (Å²) in [7, 11) is 0. The van der Waals surface area contributed by atoms with Gasteiger partial charge in [0.15, 0.2) is 0 Å². The van der Waals surface area contributed by atoms with Crippen LogP contribution in [0, 0.1) is 11.8 Å². The highest BCUT2D eigenvalue weighted by Gasteiger charge is 2.33. The first-order chi connectivity index (χ1) is 10.2. The SMILES string of the molecule is CCC(=O)C1CC(NC(=O)CCOCC2CCCCC2)C1. The van der Waals surface area contributed by atoms with Gasteiger partial charge in [-0.2, -0.15) is 0 Å². The first-order valence-electron chi connectivity index (χ1n) is 8.58. The average Bonchev–Trinajstić information content (AvgIpc) is 2.47. The van der Waals surface area contributed by atoms with Crippen LogP contribution in [0.4, 0.5) is 0 Å². The van der Waals surface area contributed by atoms with Crippen LogP contribution in [0.1, 0.15) is 64.7 Å². The molecule has 2 aliphatic rings. The van der Waals surface area contributed by atoms with Gasteiger partial charge in [0.2, 0.25) is 5.91 Å². The number of Topliss-reactive ketones (excluding diaryl/α,β-unsaturated/α-hetero) is 1. The van der Waals surface area contributed by atoms with Gasteiger partial charge in [0.25, 0.3) is 0 Å². The quantitative estimate of drug-likeness (QED) is 0.701. The van der Waals surface area contributed by atoms with Crippen molar-refractivity contribution in [3.63, 3.8) is 0 Å². The summed E-state index contributed by atoms with van der Waals surface area (Å²) in [4.78, 5) is 23.2. The molecule has 2 fully saturated rings. The Morgan fingerprint density at radius 1 is 1.14 bits per heavy atom. The molecule has 0 saturated heterocycles. The van der Waals surface area contributed by atoms with E-state index in [1.165, 1.54) is 32.1 Å². The molecule has 2 rings (SSSR count). The van der Waals surface area contributed by atoms with Crippen molar-refractivity contribution in [2.45, 2.75) is 70.8 Å². The summed E-state index contributed by atoms with van der Waals surface area (Å²) in [6.45, 7) is 3.23. The van der Waals surface area contributed by atoms with E-state index in [1.807, 2.05) is 6.92 Å². The molecule has 4 nitrogen and oxygen atoms in total. The molecular formula is C17H29NO3. The average molecular weight is 295 g/mol. The number of ketones is 1. The minimum atomic E-state index is 0.0611. The number of carbonyl (C=O) groups excluding carboxylic acids is 2. The van der Waals surface area contributed by atoms with Gasteiger partial charge in [-0.25, -0.2) is 0 Å². The van der Waals surface area contributed by atoms with Crippen molar-refractivity contribution in [1.82, 2.24) is 5.32 Å². The maximum Gasteiger partial charge on any atom is 0.222 e. The number of carbonyl (C=O) groups is 2. The first kappa shape index (κ1) is 16.5. The lowest BCUT2D eigenvalue weighted by Crippen LogP contribution is -2.46. The van der Waals surface area contributed by atoms with Crippen LogP contribution in [0.2, 0.25) is 0 Å². The fraction of sp³-hybridized carbons (Fsp3) is 0.882.